The first-order valence-corrected chi connectivity index (χ1v) is 5.96. The highest BCUT2D eigenvalue weighted by atomic mass is 19.4. The molecule has 2 atom stereocenters. The van der Waals surface area contributed by atoms with Gasteiger partial charge in [0.1, 0.15) is 6.04 Å². The Bertz CT molecular complexity index is 467. The van der Waals surface area contributed by atoms with Crippen LogP contribution in [-0.4, -0.2) is 48.4 Å². The van der Waals surface area contributed by atoms with Crippen LogP contribution in [0.1, 0.15) is 11.6 Å². The van der Waals surface area contributed by atoms with Crippen molar-refractivity contribution in [3.05, 3.63) is 30.1 Å². The smallest absolute Gasteiger partial charge is 0.382 e. The van der Waals surface area contributed by atoms with E-state index in [2.05, 4.69) is 4.98 Å². The maximum Gasteiger partial charge on any atom is 0.410 e. The van der Waals surface area contributed by atoms with Gasteiger partial charge >= 0.3 is 12.2 Å². The van der Waals surface area contributed by atoms with E-state index in [4.69, 9.17) is 4.74 Å². The third-order valence-electron chi connectivity index (χ3n) is 3.12. The number of rotatable bonds is 4. The van der Waals surface area contributed by atoms with Crippen LogP contribution in [-0.2, 0) is 4.74 Å². The van der Waals surface area contributed by atoms with Gasteiger partial charge in [-0.3, -0.25) is 4.98 Å². The summed E-state index contributed by atoms with van der Waals surface area (Å²) in [5.41, 5.74) is 0.680. The van der Waals surface area contributed by atoms with Gasteiger partial charge in [-0.2, -0.15) is 13.2 Å². The number of urea groups is 1. The van der Waals surface area contributed by atoms with E-state index in [0.29, 0.717) is 5.56 Å². The molecular formula is C12H14F3N3O2. The minimum Gasteiger partial charge on any atom is -0.382 e. The van der Waals surface area contributed by atoms with Crippen LogP contribution in [0.4, 0.5) is 18.0 Å². The summed E-state index contributed by atoms with van der Waals surface area (Å²) in [4.78, 5) is 16.7. The summed E-state index contributed by atoms with van der Waals surface area (Å²) in [6.45, 7) is -0.319. The second-order valence-corrected chi connectivity index (χ2v) is 4.45. The first kappa shape index (κ1) is 14.6. The molecule has 1 fully saturated rings. The Morgan fingerprint density at radius 3 is 2.65 bits per heavy atom. The van der Waals surface area contributed by atoms with E-state index in [9.17, 15) is 18.0 Å². The zero-order valence-electron chi connectivity index (χ0n) is 10.7. The molecular weight excluding hydrogens is 275 g/mol. The second-order valence-electron chi connectivity index (χ2n) is 4.45. The van der Waals surface area contributed by atoms with Crippen molar-refractivity contribution in [2.45, 2.75) is 18.3 Å². The van der Waals surface area contributed by atoms with E-state index in [-0.39, 0.29) is 6.61 Å². The monoisotopic (exact) mass is 289 g/mol. The van der Waals surface area contributed by atoms with E-state index < -0.39 is 30.8 Å². The summed E-state index contributed by atoms with van der Waals surface area (Å²) < 4.78 is 43.0. The normalized spacial score (nSPS) is 20.9. The lowest BCUT2D eigenvalue weighted by Crippen LogP contribution is -2.40. The van der Waals surface area contributed by atoms with Crippen LogP contribution < -0.4 is 5.32 Å². The van der Waals surface area contributed by atoms with Crippen LogP contribution in [0.2, 0.25) is 0 Å². The molecule has 0 aromatic carbocycles. The average molecular weight is 289 g/mol. The molecule has 2 heterocycles. The predicted molar refractivity (Wildman–Crippen MR) is 63.9 cm³/mol. The molecule has 8 heteroatoms. The fourth-order valence-electron chi connectivity index (χ4n) is 2.12. The van der Waals surface area contributed by atoms with Gasteiger partial charge in [0.05, 0.1) is 19.2 Å². The number of alkyl halides is 3. The minimum absolute atomic E-state index is 0.113. The SMILES string of the molecule is COC[C@H](c1ccncc1)N1C[C@@H](C(F)(F)F)NC1=O. The van der Waals surface area contributed by atoms with Crippen molar-refractivity contribution >= 4 is 6.03 Å². The molecule has 110 valence electrons. The van der Waals surface area contributed by atoms with E-state index >= 15 is 0 Å². The second kappa shape index (κ2) is 5.66. The molecule has 0 spiro atoms. The van der Waals surface area contributed by atoms with Crippen molar-refractivity contribution < 1.29 is 22.7 Å². The third-order valence-corrected chi connectivity index (χ3v) is 3.12. The molecule has 5 nitrogen and oxygen atoms in total. The summed E-state index contributed by atoms with van der Waals surface area (Å²) in [5.74, 6) is 0. The topological polar surface area (TPSA) is 54.5 Å². The number of ether oxygens (including phenoxy) is 1. The van der Waals surface area contributed by atoms with Crippen molar-refractivity contribution in [2.24, 2.45) is 0 Å². The van der Waals surface area contributed by atoms with Crippen molar-refractivity contribution in [3.63, 3.8) is 0 Å². The van der Waals surface area contributed by atoms with Crippen LogP contribution in [0.5, 0.6) is 0 Å². The first-order valence-electron chi connectivity index (χ1n) is 5.96. The summed E-state index contributed by atoms with van der Waals surface area (Å²) in [6.07, 6.45) is -1.42. The molecule has 0 radical (unpaired) electrons. The van der Waals surface area contributed by atoms with Crippen LogP contribution in [0, 0.1) is 0 Å². The zero-order valence-corrected chi connectivity index (χ0v) is 10.7. The van der Waals surface area contributed by atoms with Gasteiger partial charge in [-0.25, -0.2) is 4.79 Å². The number of hydrogen-bond acceptors (Lipinski definition) is 3. The predicted octanol–water partition coefficient (Wildman–Crippen LogP) is 1.73. The summed E-state index contributed by atoms with van der Waals surface area (Å²) in [6, 6.07) is 0.133. The number of methoxy groups -OCH3 is 1. The number of amides is 2. The number of aromatic nitrogens is 1. The Morgan fingerprint density at radius 1 is 1.50 bits per heavy atom. The van der Waals surface area contributed by atoms with Gasteiger partial charge in [0, 0.05) is 19.5 Å². The molecule has 1 aliphatic heterocycles. The number of carbonyl (C=O) groups is 1. The van der Waals surface area contributed by atoms with Crippen molar-refractivity contribution in [1.29, 1.82) is 0 Å². The molecule has 1 N–H and O–H groups in total. The van der Waals surface area contributed by atoms with Gasteiger partial charge in [0.15, 0.2) is 0 Å². The molecule has 1 aromatic rings. The van der Waals surface area contributed by atoms with Crippen molar-refractivity contribution in [1.82, 2.24) is 15.2 Å². The third kappa shape index (κ3) is 3.01. The molecule has 0 aliphatic carbocycles. The fourth-order valence-corrected chi connectivity index (χ4v) is 2.12. The van der Waals surface area contributed by atoms with Crippen LogP contribution in [0.3, 0.4) is 0 Å². The van der Waals surface area contributed by atoms with Crippen LogP contribution in [0.15, 0.2) is 24.5 Å². The van der Waals surface area contributed by atoms with Gasteiger partial charge in [-0.1, -0.05) is 0 Å². The Labute approximate surface area is 113 Å². The molecule has 1 aliphatic rings. The number of halogens is 3. The lowest BCUT2D eigenvalue weighted by molar-refractivity contribution is -0.150. The van der Waals surface area contributed by atoms with E-state index in [1.807, 2.05) is 5.32 Å². The number of pyridine rings is 1. The lowest BCUT2D eigenvalue weighted by atomic mass is 10.1. The number of hydrogen-bond donors (Lipinski definition) is 1. The summed E-state index contributed by atoms with van der Waals surface area (Å²) in [5, 5.41) is 1.94. The number of nitrogens with zero attached hydrogens (tertiary/aromatic N) is 2. The number of nitrogens with one attached hydrogen (secondary N) is 1. The minimum atomic E-state index is -4.46. The van der Waals surface area contributed by atoms with E-state index in [1.165, 1.54) is 19.5 Å². The molecule has 0 bridgehead atoms. The highest BCUT2D eigenvalue weighted by Crippen LogP contribution is 2.29. The Balaban J connectivity index is 2.21. The largest absolute Gasteiger partial charge is 0.410 e. The average Bonchev–Trinajstić information content (AvgIpc) is 2.79. The standard InChI is InChI=1S/C12H14F3N3O2/c1-20-7-9(8-2-4-16-5-3-8)18-6-10(12(13,14)15)17-11(18)19/h2-5,9-10H,6-7H2,1H3,(H,17,19)/t9-,10+/m1/s1. The molecule has 0 saturated carbocycles. The van der Waals surface area contributed by atoms with Gasteiger partial charge in [-0.15, -0.1) is 0 Å². The molecule has 0 unspecified atom stereocenters. The highest BCUT2D eigenvalue weighted by molar-refractivity contribution is 5.77. The molecule has 20 heavy (non-hydrogen) atoms. The summed E-state index contributed by atoms with van der Waals surface area (Å²) in [7, 11) is 1.43. The Hall–Kier alpha value is -1.83. The molecule has 2 rings (SSSR count). The quantitative estimate of drug-likeness (QED) is 0.918. The van der Waals surface area contributed by atoms with Crippen molar-refractivity contribution in [3.8, 4) is 0 Å². The Morgan fingerprint density at radius 2 is 2.15 bits per heavy atom. The van der Waals surface area contributed by atoms with Gasteiger partial charge < -0.3 is 15.0 Å². The van der Waals surface area contributed by atoms with E-state index in [1.54, 1.807) is 12.1 Å². The van der Waals surface area contributed by atoms with Gasteiger partial charge in [0.25, 0.3) is 0 Å². The van der Waals surface area contributed by atoms with Crippen LogP contribution in [0.25, 0.3) is 0 Å². The van der Waals surface area contributed by atoms with Crippen molar-refractivity contribution in [2.75, 3.05) is 20.3 Å². The molecule has 1 saturated heterocycles. The van der Waals surface area contributed by atoms with Crippen LogP contribution >= 0.6 is 0 Å². The van der Waals surface area contributed by atoms with Gasteiger partial charge in [0.2, 0.25) is 0 Å². The highest BCUT2D eigenvalue weighted by Gasteiger charge is 2.48. The summed E-state index contributed by atoms with van der Waals surface area (Å²) >= 11 is 0. The maximum atomic E-state index is 12.7. The fraction of sp³-hybridized carbons (Fsp3) is 0.500. The number of carbonyl (C=O) groups excluding carboxylic acids is 1. The molecule has 2 amide bonds. The maximum absolute atomic E-state index is 12.7. The zero-order chi connectivity index (χ0) is 14.8. The first-order chi connectivity index (χ1) is 9.43. The van der Waals surface area contributed by atoms with E-state index in [0.717, 1.165) is 4.90 Å². The molecule has 1 aromatic heterocycles. The van der Waals surface area contributed by atoms with Gasteiger partial charge in [-0.05, 0) is 17.7 Å². The lowest BCUT2D eigenvalue weighted by Gasteiger charge is -2.26. The Kier molecular flexibility index (Phi) is 4.12.